The summed E-state index contributed by atoms with van der Waals surface area (Å²) in [6.07, 6.45) is 1.92. The van der Waals surface area contributed by atoms with E-state index in [0.29, 0.717) is 13.2 Å². The summed E-state index contributed by atoms with van der Waals surface area (Å²) in [5.74, 6) is -0.952. The number of nitrogen functional groups attached to an aromatic ring is 1. The molecule has 0 spiro atoms. The highest BCUT2D eigenvalue weighted by Gasteiger charge is 2.24. The molecule has 25 heavy (non-hydrogen) atoms. The molecule has 132 valence electrons. The average molecular weight is 348 g/mol. The lowest BCUT2D eigenvalue weighted by Crippen LogP contribution is -2.20. The Morgan fingerprint density at radius 1 is 1.40 bits per heavy atom. The van der Waals surface area contributed by atoms with Gasteiger partial charge in [-0.15, -0.1) is 0 Å². The maximum Gasteiger partial charge on any atom is 0.353 e. The van der Waals surface area contributed by atoms with Gasteiger partial charge in [-0.3, -0.25) is 10.1 Å². The summed E-state index contributed by atoms with van der Waals surface area (Å²) in [5.41, 5.74) is 5.24. The number of anilines is 4. The van der Waals surface area contributed by atoms with E-state index in [9.17, 15) is 14.5 Å². The Morgan fingerprint density at radius 2 is 2.20 bits per heavy atom. The lowest BCUT2D eigenvalue weighted by Gasteiger charge is -2.13. The number of nitrogens with two attached hydrogens (primary N) is 1. The van der Waals surface area contributed by atoms with Crippen LogP contribution in [-0.4, -0.2) is 34.1 Å². The van der Waals surface area contributed by atoms with Gasteiger partial charge >= 0.3 is 5.69 Å². The Labute approximate surface area is 142 Å². The normalized spacial score (nSPS) is 16.6. The van der Waals surface area contributed by atoms with Crippen molar-refractivity contribution in [3.05, 3.63) is 40.2 Å². The largest absolute Gasteiger partial charge is 0.378 e. The van der Waals surface area contributed by atoms with Gasteiger partial charge in [0.25, 0.3) is 0 Å². The lowest BCUT2D eigenvalue weighted by molar-refractivity contribution is -0.383. The van der Waals surface area contributed by atoms with E-state index in [4.69, 9.17) is 10.5 Å². The van der Waals surface area contributed by atoms with E-state index >= 15 is 0 Å². The molecule has 0 bridgehead atoms. The van der Waals surface area contributed by atoms with Gasteiger partial charge in [0, 0.05) is 13.2 Å². The zero-order valence-corrected chi connectivity index (χ0v) is 13.2. The van der Waals surface area contributed by atoms with Crippen LogP contribution in [0.15, 0.2) is 24.3 Å². The van der Waals surface area contributed by atoms with Crippen molar-refractivity contribution in [1.82, 2.24) is 9.97 Å². The Hall–Kier alpha value is -3.01. The van der Waals surface area contributed by atoms with E-state index < -0.39 is 16.4 Å². The molecule has 10 heteroatoms. The second-order valence-corrected chi connectivity index (χ2v) is 5.51. The molecular formula is C15H17FN6O3. The molecule has 1 saturated heterocycles. The number of nitrogens with zero attached hydrogens (tertiary/aromatic N) is 3. The topological polar surface area (TPSA) is 128 Å². The second-order valence-electron chi connectivity index (χ2n) is 5.51. The third kappa shape index (κ3) is 3.91. The molecule has 0 amide bonds. The van der Waals surface area contributed by atoms with Gasteiger partial charge in [-0.2, -0.15) is 9.97 Å². The Kier molecular flexibility index (Phi) is 4.89. The van der Waals surface area contributed by atoms with Crippen LogP contribution >= 0.6 is 0 Å². The lowest BCUT2D eigenvalue weighted by atomic mass is 10.2. The summed E-state index contributed by atoms with van der Waals surface area (Å²) in [6.45, 7) is 1.16. The number of para-hydroxylation sites is 1. The van der Waals surface area contributed by atoms with E-state index in [0.717, 1.165) is 12.8 Å². The van der Waals surface area contributed by atoms with Gasteiger partial charge in [0.2, 0.25) is 17.6 Å². The van der Waals surface area contributed by atoms with Gasteiger partial charge in [0.05, 0.1) is 16.7 Å². The Morgan fingerprint density at radius 3 is 2.88 bits per heavy atom. The smallest absolute Gasteiger partial charge is 0.353 e. The van der Waals surface area contributed by atoms with Crippen molar-refractivity contribution in [3.63, 3.8) is 0 Å². The van der Waals surface area contributed by atoms with Crippen LogP contribution in [0.25, 0.3) is 0 Å². The zero-order valence-electron chi connectivity index (χ0n) is 13.2. The number of nitrogens with one attached hydrogen (secondary N) is 2. The molecule has 1 aromatic carbocycles. The Balaban J connectivity index is 1.87. The van der Waals surface area contributed by atoms with E-state index in [1.165, 1.54) is 18.2 Å². The van der Waals surface area contributed by atoms with Crippen LogP contribution < -0.4 is 16.4 Å². The van der Waals surface area contributed by atoms with Crippen molar-refractivity contribution in [2.75, 3.05) is 29.5 Å². The summed E-state index contributed by atoms with van der Waals surface area (Å²) in [7, 11) is 0. The fraction of sp³-hybridized carbons (Fsp3) is 0.333. The van der Waals surface area contributed by atoms with Crippen molar-refractivity contribution in [3.8, 4) is 0 Å². The molecule has 1 aliphatic heterocycles. The SMILES string of the molecule is Nc1nc(NC[C@H]2CCCO2)nc(Nc2ccccc2F)c1[N+](=O)[O-]. The van der Waals surface area contributed by atoms with Crippen LogP contribution in [0.2, 0.25) is 0 Å². The monoisotopic (exact) mass is 348 g/mol. The highest BCUT2D eigenvalue weighted by Crippen LogP contribution is 2.32. The average Bonchev–Trinajstić information content (AvgIpc) is 3.08. The number of ether oxygens (including phenoxy) is 1. The molecule has 1 atom stereocenters. The number of rotatable bonds is 6. The molecule has 4 N–H and O–H groups in total. The van der Waals surface area contributed by atoms with Crippen LogP contribution in [0.4, 0.5) is 33.3 Å². The number of halogens is 1. The highest BCUT2D eigenvalue weighted by molar-refractivity contribution is 5.74. The minimum Gasteiger partial charge on any atom is -0.378 e. The van der Waals surface area contributed by atoms with Gasteiger partial charge in [-0.1, -0.05) is 12.1 Å². The molecule has 1 aromatic heterocycles. The number of benzene rings is 1. The molecule has 0 aliphatic carbocycles. The van der Waals surface area contributed by atoms with Crippen molar-refractivity contribution in [2.45, 2.75) is 18.9 Å². The Bertz CT molecular complexity index is 782. The van der Waals surface area contributed by atoms with Gasteiger partial charge < -0.3 is 21.1 Å². The standard InChI is InChI=1S/C15H17FN6O3/c16-10-5-1-2-6-11(10)19-14-12(22(23)24)13(17)20-15(21-14)18-8-9-4-3-7-25-9/h1-2,5-6,9H,3-4,7-8H2,(H4,17,18,19,20,21)/t9-/m1/s1. The third-order valence-corrected chi connectivity index (χ3v) is 3.73. The number of hydrogen-bond donors (Lipinski definition) is 3. The fourth-order valence-corrected chi connectivity index (χ4v) is 2.52. The molecule has 9 nitrogen and oxygen atoms in total. The molecule has 3 rings (SSSR count). The predicted octanol–water partition coefficient (Wildman–Crippen LogP) is 2.44. The summed E-state index contributed by atoms with van der Waals surface area (Å²) < 4.78 is 19.3. The van der Waals surface area contributed by atoms with Crippen molar-refractivity contribution < 1.29 is 14.1 Å². The minimum atomic E-state index is -0.706. The van der Waals surface area contributed by atoms with Crippen LogP contribution in [0.5, 0.6) is 0 Å². The molecule has 1 fully saturated rings. The van der Waals surface area contributed by atoms with Gasteiger partial charge in [-0.05, 0) is 25.0 Å². The maximum atomic E-state index is 13.8. The number of hydrogen-bond acceptors (Lipinski definition) is 8. The first-order chi connectivity index (χ1) is 12.0. The molecule has 0 unspecified atom stereocenters. The van der Waals surface area contributed by atoms with Crippen LogP contribution in [0, 0.1) is 15.9 Å². The number of aromatic nitrogens is 2. The van der Waals surface area contributed by atoms with Crippen LogP contribution in [0.1, 0.15) is 12.8 Å². The minimum absolute atomic E-state index is 0.0305. The molecule has 2 aromatic rings. The molecular weight excluding hydrogens is 331 g/mol. The molecule has 0 saturated carbocycles. The zero-order chi connectivity index (χ0) is 17.8. The summed E-state index contributed by atoms with van der Waals surface area (Å²) in [4.78, 5) is 18.5. The first kappa shape index (κ1) is 16.8. The predicted molar refractivity (Wildman–Crippen MR) is 90.2 cm³/mol. The van der Waals surface area contributed by atoms with Gasteiger partial charge in [0.15, 0.2) is 0 Å². The van der Waals surface area contributed by atoms with E-state index in [2.05, 4.69) is 20.6 Å². The van der Waals surface area contributed by atoms with E-state index in [1.54, 1.807) is 6.07 Å². The van der Waals surface area contributed by atoms with E-state index in [1.807, 2.05) is 0 Å². The molecule has 1 aliphatic rings. The summed E-state index contributed by atoms with van der Waals surface area (Å²) >= 11 is 0. The fourth-order valence-electron chi connectivity index (χ4n) is 2.52. The maximum absolute atomic E-state index is 13.8. The van der Waals surface area contributed by atoms with Crippen LogP contribution in [0.3, 0.4) is 0 Å². The van der Waals surface area contributed by atoms with Gasteiger partial charge in [0.1, 0.15) is 5.82 Å². The quantitative estimate of drug-likeness (QED) is 0.536. The highest BCUT2D eigenvalue weighted by atomic mass is 19.1. The first-order valence-corrected chi connectivity index (χ1v) is 7.73. The summed E-state index contributed by atoms with van der Waals surface area (Å²) in [6, 6.07) is 5.78. The third-order valence-electron chi connectivity index (χ3n) is 3.73. The van der Waals surface area contributed by atoms with E-state index in [-0.39, 0.29) is 29.4 Å². The van der Waals surface area contributed by atoms with Crippen LogP contribution in [-0.2, 0) is 4.74 Å². The second kappa shape index (κ2) is 7.26. The summed E-state index contributed by atoms with van der Waals surface area (Å²) in [5, 5.41) is 16.8. The molecule has 0 radical (unpaired) electrons. The van der Waals surface area contributed by atoms with Crippen molar-refractivity contribution in [2.24, 2.45) is 0 Å². The van der Waals surface area contributed by atoms with Crippen molar-refractivity contribution >= 4 is 29.0 Å². The van der Waals surface area contributed by atoms with Crippen molar-refractivity contribution in [1.29, 1.82) is 0 Å². The first-order valence-electron chi connectivity index (χ1n) is 7.73. The van der Waals surface area contributed by atoms with Gasteiger partial charge in [-0.25, -0.2) is 4.39 Å². The molecule has 2 heterocycles. The number of nitro groups is 1.